The first-order valence-corrected chi connectivity index (χ1v) is 8.91. The van der Waals surface area contributed by atoms with Gasteiger partial charge in [-0.15, -0.1) is 0 Å². The molecule has 0 aliphatic carbocycles. The molecular weight excluding hydrogens is 286 g/mol. The number of rotatable bonds is 10. The molecule has 0 fully saturated rings. The van der Waals surface area contributed by atoms with Gasteiger partial charge in [-0.05, 0) is 18.6 Å². The third-order valence-electron chi connectivity index (χ3n) is 4.21. The lowest BCUT2D eigenvalue weighted by Gasteiger charge is -2.09. The van der Waals surface area contributed by atoms with Crippen LogP contribution in [-0.2, 0) is 17.9 Å². The number of carbonyl (C=O) groups excluding carboxylic acids is 1. The van der Waals surface area contributed by atoms with Crippen LogP contribution in [0.2, 0.25) is 0 Å². The van der Waals surface area contributed by atoms with Gasteiger partial charge in [0.05, 0.1) is 17.6 Å². The van der Waals surface area contributed by atoms with E-state index in [2.05, 4.69) is 27.9 Å². The molecule has 0 radical (unpaired) electrons. The van der Waals surface area contributed by atoms with E-state index in [1.54, 1.807) is 6.92 Å². The minimum absolute atomic E-state index is 0.0143. The van der Waals surface area contributed by atoms with Gasteiger partial charge in [0.15, 0.2) is 0 Å². The van der Waals surface area contributed by atoms with Crippen molar-refractivity contribution in [3.8, 4) is 0 Å². The predicted octanol–water partition coefficient (Wildman–Crippen LogP) is 4.42. The second kappa shape index (κ2) is 9.33. The van der Waals surface area contributed by atoms with Gasteiger partial charge >= 0.3 is 0 Å². The molecule has 1 amide bonds. The van der Waals surface area contributed by atoms with Crippen LogP contribution in [0.3, 0.4) is 0 Å². The lowest BCUT2D eigenvalue weighted by molar-refractivity contribution is -0.119. The molecule has 0 saturated carbocycles. The normalized spacial score (nSPS) is 11.0. The van der Waals surface area contributed by atoms with Crippen LogP contribution in [-0.4, -0.2) is 15.5 Å². The van der Waals surface area contributed by atoms with Gasteiger partial charge in [0.25, 0.3) is 0 Å². The van der Waals surface area contributed by atoms with E-state index in [-0.39, 0.29) is 5.91 Å². The summed E-state index contributed by atoms with van der Waals surface area (Å²) in [6.45, 7) is 5.27. The van der Waals surface area contributed by atoms with Crippen LogP contribution in [0.25, 0.3) is 11.0 Å². The fraction of sp³-hybridized carbons (Fsp3) is 0.579. The Kier molecular flexibility index (Phi) is 7.11. The second-order valence-corrected chi connectivity index (χ2v) is 6.20. The van der Waals surface area contributed by atoms with E-state index in [0.717, 1.165) is 17.9 Å². The Bertz CT molecular complexity index is 618. The first-order valence-electron chi connectivity index (χ1n) is 8.91. The number of nitrogens with one attached hydrogen (secondary N) is 1. The number of aryl methyl sites for hydroxylation is 1. The Hall–Kier alpha value is -1.84. The molecule has 126 valence electrons. The highest BCUT2D eigenvalue weighted by molar-refractivity contribution is 5.76. The van der Waals surface area contributed by atoms with Crippen LogP contribution >= 0.6 is 0 Å². The zero-order valence-electron chi connectivity index (χ0n) is 14.5. The first-order chi connectivity index (χ1) is 11.2. The molecule has 1 N–H and O–H groups in total. The number of imidazole rings is 1. The van der Waals surface area contributed by atoms with Gasteiger partial charge in [-0.1, -0.05) is 57.6 Å². The molecule has 0 bridgehead atoms. The number of aromatic nitrogens is 2. The Balaban J connectivity index is 1.94. The van der Waals surface area contributed by atoms with E-state index in [1.165, 1.54) is 50.5 Å². The molecule has 23 heavy (non-hydrogen) atoms. The van der Waals surface area contributed by atoms with Crippen LogP contribution < -0.4 is 5.32 Å². The summed E-state index contributed by atoms with van der Waals surface area (Å²) >= 11 is 0. The molecule has 1 aromatic heterocycles. The summed E-state index contributed by atoms with van der Waals surface area (Å²) < 4.78 is 2.26. The zero-order chi connectivity index (χ0) is 16.5. The molecule has 0 spiro atoms. The molecule has 0 saturated heterocycles. The van der Waals surface area contributed by atoms with Crippen LogP contribution in [0.4, 0.5) is 0 Å². The molecule has 0 aliphatic rings. The number of amides is 1. The van der Waals surface area contributed by atoms with Crippen molar-refractivity contribution in [2.75, 3.05) is 0 Å². The Morgan fingerprint density at radius 2 is 1.78 bits per heavy atom. The van der Waals surface area contributed by atoms with Crippen molar-refractivity contribution in [3.63, 3.8) is 0 Å². The molecule has 1 aromatic carbocycles. The van der Waals surface area contributed by atoms with E-state index >= 15 is 0 Å². The molecule has 2 rings (SSSR count). The van der Waals surface area contributed by atoms with Crippen molar-refractivity contribution in [1.82, 2.24) is 14.9 Å². The fourth-order valence-corrected chi connectivity index (χ4v) is 2.94. The first kappa shape index (κ1) is 17.5. The van der Waals surface area contributed by atoms with Gasteiger partial charge in [0.2, 0.25) is 5.91 Å². The Morgan fingerprint density at radius 1 is 1.09 bits per heavy atom. The Morgan fingerprint density at radius 3 is 2.52 bits per heavy atom. The van der Waals surface area contributed by atoms with E-state index in [1.807, 2.05) is 18.2 Å². The summed E-state index contributed by atoms with van der Waals surface area (Å²) in [4.78, 5) is 15.9. The SMILES string of the molecule is CCCCCCCCCn1c(CNC(C)=O)nc2ccccc21. The fourth-order valence-electron chi connectivity index (χ4n) is 2.94. The average molecular weight is 315 g/mol. The maximum Gasteiger partial charge on any atom is 0.217 e. The molecule has 4 nitrogen and oxygen atoms in total. The highest BCUT2D eigenvalue weighted by Crippen LogP contribution is 2.17. The number of benzene rings is 1. The molecular formula is C19H29N3O. The number of para-hydroxylation sites is 2. The van der Waals surface area contributed by atoms with E-state index in [0.29, 0.717) is 6.54 Å². The van der Waals surface area contributed by atoms with Crippen LogP contribution in [0.15, 0.2) is 24.3 Å². The molecule has 2 aromatic rings. The van der Waals surface area contributed by atoms with Crippen molar-refractivity contribution < 1.29 is 4.79 Å². The third-order valence-corrected chi connectivity index (χ3v) is 4.21. The van der Waals surface area contributed by atoms with Crippen molar-refractivity contribution in [1.29, 1.82) is 0 Å². The van der Waals surface area contributed by atoms with Gasteiger partial charge in [0.1, 0.15) is 5.82 Å². The standard InChI is InChI=1S/C19H29N3O/c1-3-4-5-6-7-8-11-14-22-18-13-10-9-12-17(18)21-19(22)15-20-16(2)23/h9-10,12-13H,3-8,11,14-15H2,1-2H3,(H,20,23). The summed E-state index contributed by atoms with van der Waals surface area (Å²) in [6.07, 6.45) is 9.10. The van der Waals surface area contributed by atoms with E-state index < -0.39 is 0 Å². The molecule has 1 heterocycles. The van der Waals surface area contributed by atoms with Gasteiger partial charge in [-0.25, -0.2) is 4.98 Å². The summed E-state index contributed by atoms with van der Waals surface area (Å²) in [7, 11) is 0. The minimum atomic E-state index is -0.0143. The smallest absolute Gasteiger partial charge is 0.217 e. The van der Waals surface area contributed by atoms with Crippen molar-refractivity contribution in [2.24, 2.45) is 0 Å². The lowest BCUT2D eigenvalue weighted by Crippen LogP contribution is -2.21. The quantitative estimate of drug-likeness (QED) is 0.660. The highest BCUT2D eigenvalue weighted by Gasteiger charge is 2.10. The van der Waals surface area contributed by atoms with Crippen LogP contribution in [0.1, 0.15) is 64.6 Å². The maximum atomic E-state index is 11.2. The van der Waals surface area contributed by atoms with E-state index in [9.17, 15) is 4.79 Å². The minimum Gasteiger partial charge on any atom is -0.349 e. The number of nitrogens with zero attached hydrogens (tertiary/aromatic N) is 2. The van der Waals surface area contributed by atoms with Gasteiger partial charge in [0, 0.05) is 13.5 Å². The predicted molar refractivity (Wildman–Crippen MR) is 95.2 cm³/mol. The molecule has 0 aliphatic heterocycles. The summed E-state index contributed by atoms with van der Waals surface area (Å²) in [5.41, 5.74) is 2.18. The Labute approximate surface area is 139 Å². The molecule has 0 unspecified atom stereocenters. The summed E-state index contributed by atoms with van der Waals surface area (Å²) in [5.74, 6) is 0.937. The molecule has 4 heteroatoms. The number of fused-ring (bicyclic) bond motifs is 1. The highest BCUT2D eigenvalue weighted by atomic mass is 16.1. The van der Waals surface area contributed by atoms with Gasteiger partial charge in [-0.3, -0.25) is 4.79 Å². The summed E-state index contributed by atoms with van der Waals surface area (Å²) in [6, 6.07) is 8.21. The number of hydrogen-bond donors (Lipinski definition) is 1. The van der Waals surface area contributed by atoms with Gasteiger partial charge in [-0.2, -0.15) is 0 Å². The average Bonchev–Trinajstić information content (AvgIpc) is 2.90. The van der Waals surface area contributed by atoms with Crippen LogP contribution in [0.5, 0.6) is 0 Å². The van der Waals surface area contributed by atoms with Crippen molar-refractivity contribution in [3.05, 3.63) is 30.1 Å². The third kappa shape index (κ3) is 5.38. The monoisotopic (exact) mass is 315 g/mol. The topological polar surface area (TPSA) is 46.9 Å². The van der Waals surface area contributed by atoms with Gasteiger partial charge < -0.3 is 9.88 Å². The largest absolute Gasteiger partial charge is 0.349 e. The van der Waals surface area contributed by atoms with E-state index in [4.69, 9.17) is 0 Å². The van der Waals surface area contributed by atoms with Crippen molar-refractivity contribution >= 4 is 16.9 Å². The van der Waals surface area contributed by atoms with Crippen molar-refractivity contribution in [2.45, 2.75) is 71.9 Å². The summed E-state index contributed by atoms with van der Waals surface area (Å²) in [5, 5.41) is 2.87. The number of hydrogen-bond acceptors (Lipinski definition) is 2. The maximum absolute atomic E-state index is 11.2. The lowest BCUT2D eigenvalue weighted by atomic mass is 10.1. The number of unbranched alkanes of at least 4 members (excludes halogenated alkanes) is 6. The number of carbonyl (C=O) groups is 1. The van der Waals surface area contributed by atoms with Crippen LogP contribution in [0, 0.1) is 0 Å². The zero-order valence-corrected chi connectivity index (χ0v) is 14.5. The second-order valence-electron chi connectivity index (χ2n) is 6.20. The molecule has 0 atom stereocenters.